The van der Waals surface area contributed by atoms with Crippen LogP contribution >= 0.6 is 11.8 Å². The van der Waals surface area contributed by atoms with Gasteiger partial charge in [-0.25, -0.2) is 14.0 Å². The molecule has 0 spiro atoms. The second kappa shape index (κ2) is 15.2. The number of carboxylic acid groups (broad SMARTS) is 2. The summed E-state index contributed by atoms with van der Waals surface area (Å²) in [4.78, 5) is 24.0. The van der Waals surface area contributed by atoms with E-state index in [0.717, 1.165) is 62.5 Å². The summed E-state index contributed by atoms with van der Waals surface area (Å²) in [5.41, 5.74) is 1.12. The van der Waals surface area contributed by atoms with Gasteiger partial charge in [-0.15, -0.1) is 11.8 Å². The predicted octanol–water partition coefficient (Wildman–Crippen LogP) is 4.46. The van der Waals surface area contributed by atoms with Crippen molar-refractivity contribution in [3.8, 4) is 6.07 Å². The van der Waals surface area contributed by atoms with E-state index in [-0.39, 0.29) is 11.9 Å². The van der Waals surface area contributed by atoms with E-state index in [1.165, 1.54) is 12.1 Å². The van der Waals surface area contributed by atoms with Gasteiger partial charge < -0.3 is 15.5 Å². The van der Waals surface area contributed by atoms with E-state index in [1.807, 2.05) is 33.6 Å². The van der Waals surface area contributed by atoms with Crippen molar-refractivity contribution in [3.63, 3.8) is 0 Å². The molecule has 2 fully saturated rings. The van der Waals surface area contributed by atoms with Gasteiger partial charge >= 0.3 is 24.3 Å². The number of alkyl halides is 6. The summed E-state index contributed by atoms with van der Waals surface area (Å²) in [6.07, 6.45) is -5.70. The van der Waals surface area contributed by atoms with Crippen molar-refractivity contribution in [2.24, 2.45) is 0 Å². The summed E-state index contributed by atoms with van der Waals surface area (Å²) in [6.45, 7) is 2.48. The second-order valence-electron chi connectivity index (χ2n) is 9.04. The van der Waals surface area contributed by atoms with Crippen molar-refractivity contribution in [1.82, 2.24) is 19.9 Å². The highest BCUT2D eigenvalue weighted by Gasteiger charge is 2.39. The predicted molar refractivity (Wildman–Crippen MR) is 130 cm³/mol. The number of nitriles is 1. The van der Waals surface area contributed by atoms with Gasteiger partial charge in [-0.05, 0) is 43.4 Å². The van der Waals surface area contributed by atoms with Crippen LogP contribution < -0.4 is 5.32 Å². The second-order valence-corrected chi connectivity index (χ2v) is 10.0. The zero-order chi connectivity index (χ0) is 30.8. The molecule has 1 atom stereocenters. The molecule has 1 saturated heterocycles. The Morgan fingerprint density at radius 3 is 2.02 bits per heavy atom. The van der Waals surface area contributed by atoms with Gasteiger partial charge in [-0.3, -0.25) is 9.53 Å². The highest BCUT2D eigenvalue weighted by atomic mass is 32.2. The highest BCUT2D eigenvalue weighted by molar-refractivity contribution is 7.99. The normalized spacial score (nSPS) is 21.3. The van der Waals surface area contributed by atoms with Crippen LogP contribution in [0.5, 0.6) is 0 Å². The first-order chi connectivity index (χ1) is 19.1. The summed E-state index contributed by atoms with van der Waals surface area (Å²) >= 11 is 1.82. The molecular weight excluding hydrogens is 591 g/mol. The third kappa shape index (κ3) is 12.1. The van der Waals surface area contributed by atoms with Gasteiger partial charge in [0.1, 0.15) is 11.9 Å². The Bertz CT molecular complexity index is 1110. The minimum atomic E-state index is -5.08. The molecule has 0 radical (unpaired) electrons. The maximum Gasteiger partial charge on any atom is 0.490 e. The number of aromatic nitrogens is 2. The number of nitrogens with zero attached hydrogens (tertiary/aromatic N) is 4. The molecule has 2 heterocycles. The van der Waals surface area contributed by atoms with Gasteiger partial charge in [0.15, 0.2) is 0 Å². The average molecular weight is 620 g/mol. The molecule has 4 rings (SSSR count). The molecule has 230 valence electrons. The molecule has 3 N–H and O–H groups in total. The topological polar surface area (TPSA) is 137 Å². The maximum atomic E-state index is 13.0. The molecule has 1 unspecified atom stereocenters. The van der Waals surface area contributed by atoms with E-state index in [4.69, 9.17) is 29.7 Å². The van der Waals surface area contributed by atoms with E-state index in [0.29, 0.717) is 12.1 Å². The highest BCUT2D eigenvalue weighted by Crippen LogP contribution is 2.30. The van der Waals surface area contributed by atoms with E-state index in [1.54, 1.807) is 0 Å². The summed E-state index contributed by atoms with van der Waals surface area (Å²) in [7, 11) is 0. The van der Waals surface area contributed by atoms with Crippen molar-refractivity contribution >= 4 is 23.7 Å². The van der Waals surface area contributed by atoms with Crippen LogP contribution in [-0.2, 0) is 22.7 Å². The summed E-state index contributed by atoms with van der Waals surface area (Å²) in [6, 6.07) is 10.1. The fourth-order valence-electron chi connectivity index (χ4n) is 3.86. The largest absolute Gasteiger partial charge is 0.490 e. The lowest BCUT2D eigenvalue weighted by Gasteiger charge is -2.26. The molecular formula is C23H28F7N5O5S. The number of carboxylic acids is 2. The molecule has 0 amide bonds. The van der Waals surface area contributed by atoms with Crippen molar-refractivity contribution in [2.75, 3.05) is 18.2 Å². The minimum Gasteiger partial charge on any atom is -0.475 e. The third-order valence-corrected chi connectivity index (χ3v) is 7.14. The van der Waals surface area contributed by atoms with Crippen LogP contribution in [0, 0.1) is 17.1 Å². The SMILES string of the molecule is N#CC1CSCN1CCn1on1C1CCC(NCc2ccc(F)cc2)CC1.O=C(O)C(F)(F)F.O=C(O)C(F)(F)F. The number of carbonyl (C=O) groups is 2. The first-order valence-electron chi connectivity index (χ1n) is 12.2. The molecule has 18 heteroatoms. The first kappa shape index (κ1) is 34.0. The van der Waals surface area contributed by atoms with Gasteiger partial charge in [0, 0.05) is 30.8 Å². The van der Waals surface area contributed by atoms with Gasteiger partial charge in [0.25, 0.3) is 0 Å². The molecule has 2 aromatic rings. The van der Waals surface area contributed by atoms with Crippen LogP contribution in [0.15, 0.2) is 28.9 Å². The molecule has 1 aliphatic heterocycles. The lowest BCUT2D eigenvalue weighted by Crippen LogP contribution is -2.33. The summed E-state index contributed by atoms with van der Waals surface area (Å²) in [5.74, 6) is -3.85. The number of hydrogen-bond acceptors (Lipinski definition) is 7. The molecule has 1 aromatic heterocycles. The van der Waals surface area contributed by atoms with E-state index < -0.39 is 24.3 Å². The fourth-order valence-corrected chi connectivity index (χ4v) is 5.02. The Morgan fingerprint density at radius 2 is 1.54 bits per heavy atom. The number of nitrogens with one attached hydrogen (secondary N) is 1. The average Bonchev–Trinajstić information content (AvgIpc) is 3.53. The van der Waals surface area contributed by atoms with Crippen LogP contribution in [0.1, 0.15) is 37.3 Å². The van der Waals surface area contributed by atoms with Gasteiger partial charge in [-0.2, -0.15) is 31.6 Å². The van der Waals surface area contributed by atoms with Crippen LogP contribution in [0.3, 0.4) is 0 Å². The van der Waals surface area contributed by atoms with Gasteiger partial charge in [0.2, 0.25) is 0 Å². The van der Waals surface area contributed by atoms with Crippen LogP contribution in [0.4, 0.5) is 30.7 Å². The lowest BCUT2D eigenvalue weighted by molar-refractivity contribution is -0.193. The maximum absolute atomic E-state index is 13.0. The lowest BCUT2D eigenvalue weighted by atomic mass is 9.91. The number of aliphatic carboxylic acids is 2. The van der Waals surface area contributed by atoms with Gasteiger partial charge in [0.05, 0.1) is 18.7 Å². The third-order valence-electron chi connectivity index (χ3n) is 6.08. The summed E-state index contributed by atoms with van der Waals surface area (Å²) < 4.78 is 82.1. The van der Waals surface area contributed by atoms with Crippen LogP contribution in [-0.4, -0.2) is 79.4 Å². The van der Waals surface area contributed by atoms with Crippen molar-refractivity contribution < 1.29 is 55.2 Å². The minimum absolute atomic E-state index is 0.0472. The molecule has 10 nitrogen and oxygen atoms in total. The molecule has 0 bridgehead atoms. The van der Waals surface area contributed by atoms with E-state index >= 15 is 0 Å². The number of benzene rings is 1. The van der Waals surface area contributed by atoms with Crippen molar-refractivity contribution in [2.45, 2.75) is 69.3 Å². The summed E-state index contributed by atoms with van der Waals surface area (Å²) in [5, 5.41) is 27.0. The number of hydrogen-bond donors (Lipinski definition) is 3. The van der Waals surface area contributed by atoms with Crippen LogP contribution in [0.25, 0.3) is 0 Å². The molecule has 1 aliphatic carbocycles. The zero-order valence-electron chi connectivity index (χ0n) is 21.4. The Morgan fingerprint density at radius 1 is 1.00 bits per heavy atom. The molecule has 2 aliphatic rings. The molecule has 41 heavy (non-hydrogen) atoms. The number of thioether (sulfide) groups is 1. The smallest absolute Gasteiger partial charge is 0.475 e. The van der Waals surface area contributed by atoms with E-state index in [2.05, 4.69) is 16.3 Å². The number of halogens is 7. The Labute approximate surface area is 233 Å². The fraction of sp³-hybridized carbons (Fsp3) is 0.609. The Balaban J connectivity index is 0.000000349. The van der Waals surface area contributed by atoms with Crippen molar-refractivity contribution in [1.29, 1.82) is 5.26 Å². The van der Waals surface area contributed by atoms with Crippen LogP contribution in [0.2, 0.25) is 0 Å². The first-order valence-corrected chi connectivity index (χ1v) is 13.3. The van der Waals surface area contributed by atoms with Gasteiger partial charge in [-0.1, -0.05) is 21.8 Å². The molecule has 1 aromatic carbocycles. The number of rotatable bonds is 7. The Kier molecular flexibility index (Phi) is 12.6. The molecule has 1 saturated carbocycles. The van der Waals surface area contributed by atoms with Crippen molar-refractivity contribution in [3.05, 3.63) is 35.6 Å². The Hall–Kier alpha value is -3.17. The van der Waals surface area contributed by atoms with E-state index in [9.17, 15) is 30.7 Å². The monoisotopic (exact) mass is 619 g/mol. The quantitative estimate of drug-likeness (QED) is 0.384. The standard InChI is InChI=1S/C19H26FN5OS.2C2HF3O2/c20-16-3-1-15(2-4-16)12-22-17-5-7-18(8-6-17)25-24(26-25)10-9-23-14-27-13-19(23)11-21;2*3-2(4,5)1(6)7/h1-4,17-19,22H,5-10,12-14H2;2*(H,6,7). The zero-order valence-corrected chi connectivity index (χ0v) is 22.2.